The minimum Gasteiger partial charge on any atom is -0.301 e. The lowest BCUT2D eigenvalue weighted by molar-refractivity contribution is 0.237. The fourth-order valence-corrected chi connectivity index (χ4v) is 3.46. The Morgan fingerprint density at radius 3 is 1.97 bits per heavy atom. The Kier molecular flexibility index (Phi) is 17.3. The van der Waals surface area contributed by atoms with Crippen LogP contribution in [0.4, 0.5) is 0 Å². The van der Waals surface area contributed by atoms with E-state index in [4.69, 9.17) is 0 Å². The summed E-state index contributed by atoms with van der Waals surface area (Å²) in [6, 6.07) is 6.16. The third-order valence-electron chi connectivity index (χ3n) is 5.29. The van der Waals surface area contributed by atoms with E-state index in [1.165, 1.54) is 24.0 Å². The molecule has 0 N–H and O–H groups in total. The quantitative estimate of drug-likeness (QED) is 0.223. The van der Waals surface area contributed by atoms with E-state index in [0.29, 0.717) is 0 Å². The molecule has 1 rings (SSSR count). The molecular formula is C31H47N3. The lowest BCUT2D eigenvalue weighted by Gasteiger charge is -2.26. The Bertz CT molecular complexity index is 812. The number of allylic oxidation sites excluding steroid dienone is 10. The summed E-state index contributed by atoms with van der Waals surface area (Å²) in [5.41, 5.74) is 3.85. The van der Waals surface area contributed by atoms with Crippen LogP contribution in [-0.2, 0) is 6.54 Å². The van der Waals surface area contributed by atoms with Crippen molar-refractivity contribution in [1.82, 2.24) is 14.8 Å². The number of hydrogen-bond acceptors (Lipinski definition) is 3. The molecule has 0 aliphatic heterocycles. The molecule has 0 radical (unpaired) electrons. The highest BCUT2D eigenvalue weighted by Crippen LogP contribution is 2.07. The highest BCUT2D eigenvalue weighted by atomic mass is 15.2. The highest BCUT2D eigenvalue weighted by Gasteiger charge is 2.09. The van der Waals surface area contributed by atoms with Crippen molar-refractivity contribution in [2.75, 3.05) is 33.2 Å². The van der Waals surface area contributed by atoms with Crippen molar-refractivity contribution in [3.8, 4) is 0 Å². The van der Waals surface area contributed by atoms with Crippen LogP contribution in [0.15, 0.2) is 96.3 Å². The van der Waals surface area contributed by atoms with Crippen LogP contribution in [0.3, 0.4) is 0 Å². The first-order valence-corrected chi connectivity index (χ1v) is 12.8. The van der Waals surface area contributed by atoms with Crippen LogP contribution in [0, 0.1) is 0 Å². The molecule has 0 atom stereocenters. The van der Waals surface area contributed by atoms with E-state index in [2.05, 4.69) is 122 Å². The Labute approximate surface area is 210 Å². The SMILES string of the molecule is CCC/C=C/C=C\C=C(/C)CN(C)CCN(C/C(C)=C/C=C\C=C\CCC)Cc1ccccn1. The first-order chi connectivity index (χ1) is 16.5. The van der Waals surface area contributed by atoms with Crippen LogP contribution >= 0.6 is 0 Å². The molecule has 0 spiro atoms. The second-order valence-electron chi connectivity index (χ2n) is 9.00. The van der Waals surface area contributed by atoms with E-state index in [1.54, 1.807) is 0 Å². The van der Waals surface area contributed by atoms with Gasteiger partial charge in [-0.05, 0) is 45.9 Å². The summed E-state index contributed by atoms with van der Waals surface area (Å²) >= 11 is 0. The van der Waals surface area contributed by atoms with Gasteiger partial charge >= 0.3 is 0 Å². The molecule has 0 aromatic carbocycles. The molecule has 0 aliphatic carbocycles. The summed E-state index contributed by atoms with van der Waals surface area (Å²) in [7, 11) is 2.20. The lowest BCUT2D eigenvalue weighted by atomic mass is 10.2. The first kappa shape index (κ1) is 29.5. The van der Waals surface area contributed by atoms with Crippen molar-refractivity contribution in [3.05, 3.63) is 102 Å². The summed E-state index contributed by atoms with van der Waals surface area (Å²) < 4.78 is 0. The minimum atomic E-state index is 0.863. The number of rotatable bonds is 17. The number of nitrogens with zero attached hydrogens (tertiary/aromatic N) is 3. The minimum absolute atomic E-state index is 0.863. The molecule has 1 aromatic heterocycles. The third-order valence-corrected chi connectivity index (χ3v) is 5.29. The summed E-state index contributed by atoms with van der Waals surface area (Å²) in [6.07, 6.45) is 28.2. The summed E-state index contributed by atoms with van der Waals surface area (Å²) in [5, 5.41) is 0. The van der Waals surface area contributed by atoms with Crippen molar-refractivity contribution >= 4 is 0 Å². The maximum atomic E-state index is 4.55. The monoisotopic (exact) mass is 461 g/mol. The predicted molar refractivity (Wildman–Crippen MR) is 151 cm³/mol. The van der Waals surface area contributed by atoms with Gasteiger partial charge in [0.05, 0.1) is 5.69 Å². The van der Waals surface area contributed by atoms with Gasteiger partial charge in [0.25, 0.3) is 0 Å². The van der Waals surface area contributed by atoms with Gasteiger partial charge in [-0.15, -0.1) is 0 Å². The summed E-state index contributed by atoms with van der Waals surface area (Å²) in [5.74, 6) is 0. The second kappa shape index (κ2) is 19.9. The zero-order valence-corrected chi connectivity index (χ0v) is 22.3. The van der Waals surface area contributed by atoms with E-state index < -0.39 is 0 Å². The van der Waals surface area contributed by atoms with Crippen molar-refractivity contribution in [1.29, 1.82) is 0 Å². The van der Waals surface area contributed by atoms with Crippen LogP contribution in [0.5, 0.6) is 0 Å². The number of pyridine rings is 1. The van der Waals surface area contributed by atoms with E-state index in [-0.39, 0.29) is 0 Å². The predicted octanol–water partition coefficient (Wildman–Crippen LogP) is 7.53. The molecule has 3 nitrogen and oxygen atoms in total. The molecule has 0 unspecified atom stereocenters. The highest BCUT2D eigenvalue weighted by molar-refractivity contribution is 5.17. The standard InChI is InChI=1S/C31H47N3/c1-6-8-10-12-14-16-20-29(3)26-33(5)24-25-34(28-31-22-18-19-23-32-31)27-30(4)21-17-15-13-11-9-7-2/h10-23H,6-9,24-28H2,1-5H3/b12-10+,13-11+,16-14-,17-15-,29-20+,30-21+. The molecule has 34 heavy (non-hydrogen) atoms. The molecule has 0 bridgehead atoms. The molecule has 0 saturated carbocycles. The molecule has 186 valence electrons. The van der Waals surface area contributed by atoms with Crippen LogP contribution in [0.25, 0.3) is 0 Å². The molecule has 0 amide bonds. The van der Waals surface area contributed by atoms with E-state index >= 15 is 0 Å². The van der Waals surface area contributed by atoms with Gasteiger partial charge in [0.1, 0.15) is 0 Å². The van der Waals surface area contributed by atoms with Gasteiger partial charge in [-0.1, -0.05) is 105 Å². The zero-order valence-electron chi connectivity index (χ0n) is 22.3. The van der Waals surface area contributed by atoms with Gasteiger partial charge in [0, 0.05) is 38.9 Å². The van der Waals surface area contributed by atoms with Gasteiger partial charge in [-0.25, -0.2) is 0 Å². The lowest BCUT2D eigenvalue weighted by Crippen LogP contribution is -2.34. The molecule has 1 aromatic rings. The smallest absolute Gasteiger partial charge is 0.0544 e. The molecule has 1 heterocycles. The Morgan fingerprint density at radius 1 is 0.794 bits per heavy atom. The van der Waals surface area contributed by atoms with Gasteiger partial charge in [-0.2, -0.15) is 0 Å². The largest absolute Gasteiger partial charge is 0.301 e. The molecular weight excluding hydrogens is 414 g/mol. The third kappa shape index (κ3) is 16.2. The molecule has 3 heteroatoms. The second-order valence-corrected chi connectivity index (χ2v) is 9.00. The average molecular weight is 462 g/mol. The van der Waals surface area contributed by atoms with E-state index in [0.717, 1.165) is 51.3 Å². The maximum absolute atomic E-state index is 4.55. The van der Waals surface area contributed by atoms with E-state index in [9.17, 15) is 0 Å². The van der Waals surface area contributed by atoms with Crippen LogP contribution in [0.1, 0.15) is 59.1 Å². The van der Waals surface area contributed by atoms with Gasteiger partial charge in [0.2, 0.25) is 0 Å². The van der Waals surface area contributed by atoms with Gasteiger partial charge < -0.3 is 4.90 Å². The normalized spacial score (nSPS) is 13.7. The Balaban J connectivity index is 2.64. The fraction of sp³-hybridized carbons (Fsp3) is 0.452. The first-order valence-electron chi connectivity index (χ1n) is 12.8. The zero-order chi connectivity index (χ0) is 24.9. The van der Waals surface area contributed by atoms with Crippen LogP contribution < -0.4 is 0 Å². The van der Waals surface area contributed by atoms with Crippen molar-refractivity contribution in [2.45, 2.75) is 59.9 Å². The fourth-order valence-electron chi connectivity index (χ4n) is 3.46. The average Bonchev–Trinajstić information content (AvgIpc) is 2.82. The van der Waals surface area contributed by atoms with E-state index in [1.807, 2.05) is 12.3 Å². The number of hydrogen-bond donors (Lipinski definition) is 0. The summed E-state index contributed by atoms with van der Waals surface area (Å²) in [4.78, 5) is 9.43. The van der Waals surface area contributed by atoms with Crippen molar-refractivity contribution in [2.24, 2.45) is 0 Å². The number of unbranched alkanes of at least 4 members (excludes halogenated alkanes) is 2. The topological polar surface area (TPSA) is 19.4 Å². The molecule has 0 saturated heterocycles. The number of aromatic nitrogens is 1. The van der Waals surface area contributed by atoms with Crippen molar-refractivity contribution in [3.63, 3.8) is 0 Å². The van der Waals surface area contributed by atoms with Gasteiger partial charge in [0.15, 0.2) is 0 Å². The number of likely N-dealkylation sites (N-methyl/N-ethyl adjacent to an activating group) is 1. The van der Waals surface area contributed by atoms with Gasteiger partial charge in [-0.3, -0.25) is 9.88 Å². The summed E-state index contributed by atoms with van der Waals surface area (Å²) in [6.45, 7) is 13.6. The van der Waals surface area contributed by atoms with Crippen LogP contribution in [0.2, 0.25) is 0 Å². The van der Waals surface area contributed by atoms with Crippen molar-refractivity contribution < 1.29 is 0 Å². The maximum Gasteiger partial charge on any atom is 0.0544 e. The van der Waals surface area contributed by atoms with Crippen LogP contribution in [-0.4, -0.2) is 48.0 Å². The Morgan fingerprint density at radius 2 is 1.41 bits per heavy atom. The molecule has 0 fully saturated rings. The molecule has 0 aliphatic rings. The Hall–Kier alpha value is -2.49.